The van der Waals surface area contributed by atoms with Crippen LogP contribution < -0.4 is 10.5 Å². The summed E-state index contributed by atoms with van der Waals surface area (Å²) in [5, 5.41) is 0.769. The number of pyridine rings is 2. The van der Waals surface area contributed by atoms with Gasteiger partial charge in [-0.05, 0) is 65.3 Å². The summed E-state index contributed by atoms with van der Waals surface area (Å²) in [7, 11) is -4.02. The zero-order valence-electron chi connectivity index (χ0n) is 26.4. The summed E-state index contributed by atoms with van der Waals surface area (Å²) in [6.07, 6.45) is 5.21. The Labute approximate surface area is 267 Å². The Balaban J connectivity index is 1.53. The van der Waals surface area contributed by atoms with Crippen LogP contribution in [-0.4, -0.2) is 51.6 Å². The third-order valence-electron chi connectivity index (χ3n) is 6.88. The van der Waals surface area contributed by atoms with Crippen molar-refractivity contribution in [2.24, 2.45) is 0 Å². The van der Waals surface area contributed by atoms with Gasteiger partial charge in [0.25, 0.3) is 5.56 Å². The summed E-state index contributed by atoms with van der Waals surface area (Å²) in [5.41, 5.74) is 1.22. The number of phosphoric ester groups is 1. The number of phosphoric acid groups is 1. The highest BCUT2D eigenvalue weighted by atomic mass is 35.5. The van der Waals surface area contributed by atoms with Gasteiger partial charge in [-0.1, -0.05) is 23.7 Å². The Kier molecular flexibility index (Phi) is 9.61. The molecule has 0 N–H and O–H groups in total. The Bertz CT molecular complexity index is 1770. The fourth-order valence-corrected chi connectivity index (χ4v) is 6.96. The summed E-state index contributed by atoms with van der Waals surface area (Å²) < 4.78 is 54.5. The zero-order valence-corrected chi connectivity index (χ0v) is 28.0. The second-order valence-electron chi connectivity index (χ2n) is 12.9. The standard InChI is InChI=1S/C32H39ClFN4O6P/c1-31(2,3)43-45(40,44-32(4,5)6)42-21-38-20-26(25-17-24(18-35-30(25)38)36-12-14-41-15-13-36)22-10-11-37(28(39)16-22)19-23-8-7-9-27(33)29(23)34/h7-11,16-18,20H,12-15,19,21H2,1-6H3. The van der Waals surface area contributed by atoms with Gasteiger partial charge < -0.3 is 18.8 Å². The molecule has 0 atom stereocenters. The molecule has 0 spiro atoms. The van der Waals surface area contributed by atoms with Crippen molar-refractivity contribution in [2.45, 2.75) is 66.0 Å². The largest absolute Gasteiger partial charge is 0.477 e. The van der Waals surface area contributed by atoms with E-state index in [2.05, 4.69) is 4.90 Å². The van der Waals surface area contributed by atoms with Crippen LogP contribution in [0.25, 0.3) is 22.2 Å². The van der Waals surface area contributed by atoms with Crippen molar-refractivity contribution in [3.63, 3.8) is 0 Å². The van der Waals surface area contributed by atoms with Crippen molar-refractivity contribution in [3.8, 4) is 11.1 Å². The number of ether oxygens (including phenoxy) is 1. The summed E-state index contributed by atoms with van der Waals surface area (Å²) in [6, 6.07) is 10.0. The fraction of sp³-hybridized carbons (Fsp3) is 0.438. The van der Waals surface area contributed by atoms with Gasteiger partial charge in [-0.15, -0.1) is 0 Å². The van der Waals surface area contributed by atoms with Crippen molar-refractivity contribution in [1.29, 1.82) is 0 Å². The second-order valence-corrected chi connectivity index (χ2v) is 14.8. The molecule has 0 amide bonds. The van der Waals surface area contributed by atoms with E-state index in [9.17, 15) is 13.8 Å². The lowest BCUT2D eigenvalue weighted by atomic mass is 10.1. The third kappa shape index (κ3) is 8.22. The molecule has 5 rings (SSSR count). The molecule has 1 aliphatic heterocycles. The van der Waals surface area contributed by atoms with Crippen LogP contribution in [0.1, 0.15) is 47.1 Å². The van der Waals surface area contributed by atoms with Crippen LogP contribution in [0.5, 0.6) is 0 Å². The van der Waals surface area contributed by atoms with Gasteiger partial charge in [0.1, 0.15) is 18.2 Å². The number of aromatic nitrogens is 3. The first-order valence-electron chi connectivity index (χ1n) is 14.7. The first kappa shape index (κ1) is 33.3. The molecule has 242 valence electrons. The number of morpholine rings is 1. The molecule has 4 aromatic rings. The number of nitrogens with zero attached hydrogens (tertiary/aromatic N) is 4. The van der Waals surface area contributed by atoms with Gasteiger partial charge in [0.05, 0.1) is 47.9 Å². The van der Waals surface area contributed by atoms with Crippen molar-refractivity contribution in [2.75, 3.05) is 31.2 Å². The summed E-state index contributed by atoms with van der Waals surface area (Å²) in [6.45, 7) is 13.2. The van der Waals surface area contributed by atoms with Crippen molar-refractivity contribution < 1.29 is 27.3 Å². The normalized spacial score (nSPS) is 14.8. The summed E-state index contributed by atoms with van der Waals surface area (Å²) in [4.78, 5) is 20.2. The van der Waals surface area contributed by atoms with E-state index in [1.807, 2.05) is 6.07 Å². The molecule has 0 saturated carbocycles. The lowest BCUT2D eigenvalue weighted by Gasteiger charge is -2.31. The van der Waals surface area contributed by atoms with Gasteiger partial charge in [0.2, 0.25) is 0 Å². The Morgan fingerprint density at radius 3 is 2.36 bits per heavy atom. The van der Waals surface area contributed by atoms with Crippen LogP contribution in [0.4, 0.5) is 10.1 Å². The van der Waals surface area contributed by atoms with Crippen LogP contribution in [-0.2, 0) is 36.1 Å². The smallest absolute Gasteiger partial charge is 0.378 e. The highest BCUT2D eigenvalue weighted by Gasteiger charge is 2.37. The van der Waals surface area contributed by atoms with E-state index < -0.39 is 24.8 Å². The topological polar surface area (TPSA) is 97.1 Å². The molecule has 10 nitrogen and oxygen atoms in total. The van der Waals surface area contributed by atoms with E-state index in [1.54, 1.807) is 82.9 Å². The minimum atomic E-state index is -4.02. The molecular weight excluding hydrogens is 622 g/mol. The predicted octanol–water partition coefficient (Wildman–Crippen LogP) is 7.25. The van der Waals surface area contributed by atoms with E-state index in [0.29, 0.717) is 30.0 Å². The van der Waals surface area contributed by atoms with Gasteiger partial charge in [-0.25, -0.2) is 13.9 Å². The van der Waals surface area contributed by atoms with Crippen LogP contribution in [0, 0.1) is 5.82 Å². The van der Waals surface area contributed by atoms with Gasteiger partial charge in [0, 0.05) is 48.1 Å². The highest BCUT2D eigenvalue weighted by Crippen LogP contribution is 2.55. The predicted molar refractivity (Wildman–Crippen MR) is 173 cm³/mol. The molecule has 4 heterocycles. The average Bonchev–Trinajstić information content (AvgIpc) is 3.32. The van der Waals surface area contributed by atoms with Crippen LogP contribution >= 0.6 is 19.4 Å². The lowest BCUT2D eigenvalue weighted by molar-refractivity contribution is -0.00567. The maximum absolute atomic E-state index is 14.6. The van der Waals surface area contributed by atoms with E-state index in [4.69, 9.17) is 34.9 Å². The van der Waals surface area contributed by atoms with Crippen LogP contribution in [0.3, 0.4) is 0 Å². The van der Waals surface area contributed by atoms with E-state index in [1.165, 1.54) is 16.7 Å². The molecule has 1 fully saturated rings. The van der Waals surface area contributed by atoms with Crippen molar-refractivity contribution in [1.82, 2.24) is 14.1 Å². The van der Waals surface area contributed by atoms with Crippen molar-refractivity contribution in [3.05, 3.63) is 81.7 Å². The summed E-state index contributed by atoms with van der Waals surface area (Å²) >= 11 is 5.94. The summed E-state index contributed by atoms with van der Waals surface area (Å²) in [5.74, 6) is -0.553. The molecular formula is C32H39ClFN4O6P. The lowest BCUT2D eigenvalue weighted by Crippen LogP contribution is -2.36. The maximum atomic E-state index is 14.6. The first-order valence-corrected chi connectivity index (χ1v) is 16.6. The second kappa shape index (κ2) is 13.0. The maximum Gasteiger partial charge on any atom is 0.477 e. The van der Waals surface area contributed by atoms with Gasteiger partial charge in [-0.3, -0.25) is 18.4 Å². The molecule has 1 saturated heterocycles. The quantitative estimate of drug-likeness (QED) is 0.173. The number of halogens is 2. The highest BCUT2D eigenvalue weighted by molar-refractivity contribution is 7.48. The number of hydrogen-bond donors (Lipinski definition) is 0. The number of hydrogen-bond acceptors (Lipinski definition) is 8. The van der Waals surface area contributed by atoms with E-state index >= 15 is 0 Å². The van der Waals surface area contributed by atoms with Gasteiger partial charge >= 0.3 is 7.82 Å². The number of fused-ring (bicyclic) bond motifs is 1. The van der Waals surface area contributed by atoms with Crippen LogP contribution in [0.2, 0.25) is 5.02 Å². The molecule has 0 radical (unpaired) electrons. The van der Waals surface area contributed by atoms with E-state index in [0.717, 1.165) is 29.7 Å². The Morgan fingerprint density at radius 1 is 1.02 bits per heavy atom. The van der Waals surface area contributed by atoms with Gasteiger partial charge in [0.15, 0.2) is 0 Å². The number of anilines is 1. The molecule has 45 heavy (non-hydrogen) atoms. The third-order valence-corrected chi connectivity index (χ3v) is 9.15. The fourth-order valence-electron chi connectivity index (χ4n) is 5.02. The SMILES string of the molecule is CC(C)(C)OP(=O)(OCn1cc(-c2ccn(Cc3cccc(Cl)c3F)c(=O)c2)c2cc(N3CCOCC3)cnc21)OC(C)(C)C. The average molecular weight is 661 g/mol. The molecule has 0 aliphatic carbocycles. The number of benzene rings is 1. The molecule has 0 bridgehead atoms. The minimum Gasteiger partial charge on any atom is -0.378 e. The zero-order chi connectivity index (χ0) is 32.6. The van der Waals surface area contributed by atoms with Gasteiger partial charge in [-0.2, -0.15) is 0 Å². The molecule has 3 aromatic heterocycles. The Hall–Kier alpha value is -3.05. The van der Waals surface area contributed by atoms with E-state index in [-0.39, 0.29) is 23.9 Å². The molecule has 13 heteroatoms. The Morgan fingerprint density at radius 2 is 1.71 bits per heavy atom. The minimum absolute atomic E-state index is 0.00103. The molecule has 1 aromatic carbocycles. The number of rotatable bonds is 9. The monoisotopic (exact) mass is 660 g/mol. The first-order chi connectivity index (χ1) is 21.1. The van der Waals surface area contributed by atoms with Crippen molar-refractivity contribution >= 4 is 36.1 Å². The molecule has 0 unspecified atom stereocenters. The van der Waals surface area contributed by atoms with Crippen LogP contribution in [0.15, 0.2) is 59.8 Å². The molecule has 1 aliphatic rings.